The van der Waals surface area contributed by atoms with Crippen LogP contribution in [0.3, 0.4) is 0 Å². The zero-order valence-electron chi connectivity index (χ0n) is 16.1. The van der Waals surface area contributed by atoms with Crippen molar-refractivity contribution < 1.29 is 19.1 Å². The molecule has 0 aliphatic heterocycles. The Morgan fingerprint density at radius 2 is 1.86 bits per heavy atom. The van der Waals surface area contributed by atoms with Gasteiger partial charge in [-0.1, -0.05) is 0 Å². The van der Waals surface area contributed by atoms with Gasteiger partial charge in [0.05, 0.1) is 18.5 Å². The Bertz CT molecular complexity index is 989. The molecule has 1 aromatic carbocycles. The number of benzene rings is 1. The number of aryl methyl sites for hydroxylation is 1. The molecule has 8 heteroatoms. The van der Waals surface area contributed by atoms with Crippen molar-refractivity contribution >= 4 is 28.8 Å². The fourth-order valence-corrected chi connectivity index (χ4v) is 3.30. The van der Waals surface area contributed by atoms with Crippen molar-refractivity contribution in [1.29, 1.82) is 0 Å². The summed E-state index contributed by atoms with van der Waals surface area (Å²) in [6.45, 7) is 2.13. The summed E-state index contributed by atoms with van der Waals surface area (Å²) in [5, 5.41) is 5.36. The van der Waals surface area contributed by atoms with Gasteiger partial charge < -0.3 is 20.1 Å². The van der Waals surface area contributed by atoms with Gasteiger partial charge in [0.15, 0.2) is 11.5 Å². The van der Waals surface area contributed by atoms with Gasteiger partial charge in [0.1, 0.15) is 6.61 Å². The average molecular weight is 411 g/mol. The minimum atomic E-state index is -0.336. The van der Waals surface area contributed by atoms with Crippen molar-refractivity contribution in [3.05, 3.63) is 70.2 Å². The molecule has 3 aromatic rings. The van der Waals surface area contributed by atoms with Gasteiger partial charge in [-0.2, -0.15) is 0 Å². The van der Waals surface area contributed by atoms with Gasteiger partial charge in [0.25, 0.3) is 5.91 Å². The Balaban J connectivity index is 1.58. The fraction of sp³-hybridized carbons (Fsp3) is 0.190. The Morgan fingerprint density at radius 1 is 1.07 bits per heavy atom. The predicted octanol–water partition coefficient (Wildman–Crippen LogP) is 3.41. The summed E-state index contributed by atoms with van der Waals surface area (Å²) in [7, 11) is 1.55. The monoisotopic (exact) mass is 411 g/mol. The Morgan fingerprint density at radius 3 is 2.55 bits per heavy atom. The lowest BCUT2D eigenvalue weighted by Crippen LogP contribution is -2.32. The zero-order chi connectivity index (χ0) is 20.6. The van der Waals surface area contributed by atoms with E-state index in [0.29, 0.717) is 28.7 Å². The largest absolute Gasteiger partial charge is 0.493 e. The highest BCUT2D eigenvalue weighted by Gasteiger charge is 2.12. The van der Waals surface area contributed by atoms with Crippen LogP contribution in [-0.2, 0) is 11.4 Å². The third kappa shape index (κ3) is 5.79. The van der Waals surface area contributed by atoms with E-state index in [4.69, 9.17) is 9.47 Å². The number of nitrogens with one attached hydrogen (secondary N) is 2. The Labute approximate surface area is 172 Å². The van der Waals surface area contributed by atoms with E-state index < -0.39 is 0 Å². The SMILES string of the molecule is COc1ccc(NC(=O)CNC(=O)c2ccc(C)s2)cc1OCc1ccncc1. The van der Waals surface area contributed by atoms with Crippen LogP contribution >= 0.6 is 11.3 Å². The molecule has 2 N–H and O–H groups in total. The molecule has 150 valence electrons. The number of pyridine rings is 1. The maximum atomic E-state index is 12.2. The molecule has 29 heavy (non-hydrogen) atoms. The number of nitrogens with zero attached hydrogens (tertiary/aromatic N) is 1. The first-order chi connectivity index (χ1) is 14.0. The topological polar surface area (TPSA) is 89.6 Å². The Hall–Kier alpha value is -3.39. The molecular formula is C21H21N3O4S. The third-order valence-corrected chi connectivity index (χ3v) is 4.96. The Kier molecular flexibility index (Phi) is 6.80. The second-order valence-corrected chi connectivity index (χ2v) is 7.44. The number of methoxy groups -OCH3 is 1. The molecule has 0 saturated heterocycles. The standard InChI is InChI=1S/C21H21N3O4S/c1-14-3-6-19(29-14)21(26)23-12-20(25)24-16-4-5-17(27-2)18(11-16)28-13-15-7-9-22-10-8-15/h3-11H,12-13H2,1-2H3,(H,23,26)(H,24,25). The van der Waals surface area contributed by atoms with Crippen LogP contribution in [0.4, 0.5) is 5.69 Å². The molecule has 7 nitrogen and oxygen atoms in total. The molecule has 0 spiro atoms. The summed E-state index contributed by atoms with van der Waals surface area (Å²) >= 11 is 1.38. The van der Waals surface area contributed by atoms with E-state index in [2.05, 4.69) is 15.6 Å². The van der Waals surface area contributed by atoms with Crippen LogP contribution in [0.2, 0.25) is 0 Å². The number of rotatable bonds is 8. The summed E-state index contributed by atoms with van der Waals surface area (Å²) in [5.74, 6) is 0.449. The van der Waals surface area contributed by atoms with Gasteiger partial charge in [0, 0.05) is 29.0 Å². The molecule has 0 radical (unpaired) electrons. The summed E-state index contributed by atoms with van der Waals surface area (Å²) in [4.78, 5) is 29.8. The van der Waals surface area contributed by atoms with E-state index in [-0.39, 0.29) is 18.4 Å². The predicted molar refractivity (Wildman–Crippen MR) is 112 cm³/mol. The van der Waals surface area contributed by atoms with Crippen molar-refractivity contribution in [1.82, 2.24) is 10.3 Å². The number of ether oxygens (including phenoxy) is 2. The van der Waals surface area contributed by atoms with Gasteiger partial charge in [-0.25, -0.2) is 0 Å². The molecule has 0 atom stereocenters. The average Bonchev–Trinajstić information content (AvgIpc) is 3.18. The number of thiophene rings is 1. The number of aromatic nitrogens is 1. The van der Waals surface area contributed by atoms with Crippen molar-refractivity contribution in [3.63, 3.8) is 0 Å². The molecule has 0 aliphatic rings. The van der Waals surface area contributed by atoms with Crippen molar-refractivity contribution in [2.45, 2.75) is 13.5 Å². The molecule has 0 bridgehead atoms. The molecule has 2 aromatic heterocycles. The van der Waals surface area contributed by atoms with Crippen LogP contribution in [-0.4, -0.2) is 30.5 Å². The van der Waals surface area contributed by atoms with Gasteiger partial charge in [-0.15, -0.1) is 11.3 Å². The lowest BCUT2D eigenvalue weighted by Gasteiger charge is -2.13. The summed E-state index contributed by atoms with van der Waals surface area (Å²) in [5.41, 5.74) is 1.50. The molecule has 0 unspecified atom stereocenters. The molecule has 2 heterocycles. The summed E-state index contributed by atoms with van der Waals surface area (Å²) in [6.07, 6.45) is 3.39. The molecular weight excluding hydrogens is 390 g/mol. The van der Waals surface area contributed by atoms with E-state index in [1.807, 2.05) is 25.1 Å². The number of hydrogen-bond acceptors (Lipinski definition) is 6. The molecule has 2 amide bonds. The van der Waals surface area contributed by atoms with Gasteiger partial charge in [0.2, 0.25) is 5.91 Å². The number of hydrogen-bond donors (Lipinski definition) is 2. The molecule has 0 saturated carbocycles. The van der Waals surface area contributed by atoms with Crippen molar-refractivity contribution in [3.8, 4) is 11.5 Å². The zero-order valence-corrected chi connectivity index (χ0v) is 16.9. The molecule has 0 fully saturated rings. The normalized spacial score (nSPS) is 10.3. The number of carbonyl (C=O) groups excluding carboxylic acids is 2. The van der Waals surface area contributed by atoms with Crippen LogP contribution in [0.1, 0.15) is 20.1 Å². The smallest absolute Gasteiger partial charge is 0.261 e. The van der Waals surface area contributed by atoms with Crippen LogP contribution in [0.25, 0.3) is 0 Å². The molecule has 0 aliphatic carbocycles. The van der Waals surface area contributed by atoms with Crippen LogP contribution in [0.5, 0.6) is 11.5 Å². The minimum absolute atomic E-state index is 0.130. The van der Waals surface area contributed by atoms with E-state index in [9.17, 15) is 9.59 Å². The van der Waals surface area contributed by atoms with Crippen LogP contribution in [0.15, 0.2) is 54.9 Å². The number of anilines is 1. The van der Waals surface area contributed by atoms with Crippen LogP contribution in [0, 0.1) is 6.92 Å². The van der Waals surface area contributed by atoms with Crippen LogP contribution < -0.4 is 20.1 Å². The fourth-order valence-electron chi connectivity index (χ4n) is 2.52. The lowest BCUT2D eigenvalue weighted by atomic mass is 10.2. The van der Waals surface area contributed by atoms with Gasteiger partial charge in [-0.05, 0) is 48.9 Å². The van der Waals surface area contributed by atoms with E-state index in [0.717, 1.165) is 10.4 Å². The third-order valence-electron chi connectivity index (χ3n) is 3.96. The first-order valence-corrected chi connectivity index (χ1v) is 9.71. The number of carbonyl (C=O) groups is 2. The van der Waals surface area contributed by atoms with E-state index in [1.54, 1.807) is 43.8 Å². The minimum Gasteiger partial charge on any atom is -0.493 e. The van der Waals surface area contributed by atoms with Crippen molar-refractivity contribution in [2.75, 3.05) is 19.0 Å². The quantitative estimate of drug-likeness (QED) is 0.593. The summed E-state index contributed by atoms with van der Waals surface area (Å²) < 4.78 is 11.1. The number of amides is 2. The molecule has 3 rings (SSSR count). The van der Waals surface area contributed by atoms with E-state index >= 15 is 0 Å². The van der Waals surface area contributed by atoms with Gasteiger partial charge in [-0.3, -0.25) is 14.6 Å². The highest BCUT2D eigenvalue weighted by atomic mass is 32.1. The van der Waals surface area contributed by atoms with Gasteiger partial charge >= 0.3 is 0 Å². The first-order valence-electron chi connectivity index (χ1n) is 8.89. The maximum absolute atomic E-state index is 12.2. The second-order valence-electron chi connectivity index (χ2n) is 6.15. The first kappa shape index (κ1) is 20.3. The second kappa shape index (κ2) is 9.70. The maximum Gasteiger partial charge on any atom is 0.261 e. The highest BCUT2D eigenvalue weighted by Crippen LogP contribution is 2.30. The van der Waals surface area contributed by atoms with Crippen molar-refractivity contribution in [2.24, 2.45) is 0 Å². The highest BCUT2D eigenvalue weighted by molar-refractivity contribution is 7.13. The summed E-state index contributed by atoms with van der Waals surface area (Å²) in [6, 6.07) is 12.4. The lowest BCUT2D eigenvalue weighted by molar-refractivity contribution is -0.115. The van der Waals surface area contributed by atoms with E-state index in [1.165, 1.54) is 11.3 Å².